The van der Waals surface area contributed by atoms with Gasteiger partial charge in [0, 0.05) is 24.8 Å². The predicted octanol–water partition coefficient (Wildman–Crippen LogP) is 2.15. The summed E-state index contributed by atoms with van der Waals surface area (Å²) in [5.74, 6) is 0.957. The molecule has 1 unspecified atom stereocenters. The fourth-order valence-corrected chi connectivity index (χ4v) is 4.91. The Hall–Kier alpha value is -2.58. The standard InChI is InChI=1S/C19H20N2O5S/c1-13-3-6-16(7-4-13)27(23,24)21-10-9-20(19(22)14(21)2)15-5-8-17-18(11-15)26-12-25-17/h3-8,11,14H,9-10,12H2,1-2H3. The molecule has 2 heterocycles. The number of sulfonamides is 1. The minimum absolute atomic E-state index is 0.158. The molecule has 2 aromatic carbocycles. The summed E-state index contributed by atoms with van der Waals surface area (Å²) < 4.78 is 37.9. The van der Waals surface area contributed by atoms with Crippen LogP contribution in [0.4, 0.5) is 5.69 Å². The summed E-state index contributed by atoms with van der Waals surface area (Å²) in [6.07, 6.45) is 0. The van der Waals surface area contributed by atoms with Crippen molar-refractivity contribution in [2.24, 2.45) is 0 Å². The number of hydrogen-bond acceptors (Lipinski definition) is 5. The van der Waals surface area contributed by atoms with Gasteiger partial charge in [-0.05, 0) is 38.1 Å². The Kier molecular flexibility index (Phi) is 4.32. The number of benzene rings is 2. The fourth-order valence-electron chi connectivity index (χ4n) is 3.33. The zero-order valence-corrected chi connectivity index (χ0v) is 15.9. The molecule has 1 saturated heterocycles. The molecule has 0 spiro atoms. The van der Waals surface area contributed by atoms with Gasteiger partial charge in [0.25, 0.3) is 0 Å². The minimum atomic E-state index is -3.73. The molecule has 7 nitrogen and oxygen atoms in total. The summed E-state index contributed by atoms with van der Waals surface area (Å²) in [6.45, 7) is 4.16. The lowest BCUT2D eigenvalue weighted by atomic mass is 10.2. The van der Waals surface area contributed by atoms with Crippen LogP contribution in [0.1, 0.15) is 12.5 Å². The molecule has 2 aliphatic heterocycles. The quantitative estimate of drug-likeness (QED) is 0.805. The lowest BCUT2D eigenvalue weighted by molar-refractivity contribution is -0.123. The van der Waals surface area contributed by atoms with E-state index >= 15 is 0 Å². The predicted molar refractivity (Wildman–Crippen MR) is 99.5 cm³/mol. The molecule has 0 radical (unpaired) electrons. The Bertz CT molecular complexity index is 988. The summed E-state index contributed by atoms with van der Waals surface area (Å²) in [4.78, 5) is 14.7. The molecule has 1 atom stereocenters. The molecule has 2 aliphatic rings. The van der Waals surface area contributed by atoms with Gasteiger partial charge in [0.05, 0.1) is 4.90 Å². The van der Waals surface area contributed by atoms with Crippen LogP contribution in [0.15, 0.2) is 47.4 Å². The van der Waals surface area contributed by atoms with Crippen LogP contribution < -0.4 is 14.4 Å². The molecular formula is C19H20N2O5S. The van der Waals surface area contributed by atoms with Crippen LogP contribution in [0.2, 0.25) is 0 Å². The van der Waals surface area contributed by atoms with Gasteiger partial charge in [0.1, 0.15) is 6.04 Å². The lowest BCUT2D eigenvalue weighted by Gasteiger charge is -2.38. The van der Waals surface area contributed by atoms with Crippen molar-refractivity contribution in [3.8, 4) is 11.5 Å². The first kappa shape index (κ1) is 17.8. The van der Waals surface area contributed by atoms with Crippen LogP contribution in [0.25, 0.3) is 0 Å². The van der Waals surface area contributed by atoms with Gasteiger partial charge < -0.3 is 14.4 Å². The molecule has 0 bridgehead atoms. The lowest BCUT2D eigenvalue weighted by Crippen LogP contribution is -2.57. The number of fused-ring (bicyclic) bond motifs is 1. The molecule has 0 aromatic heterocycles. The van der Waals surface area contributed by atoms with Gasteiger partial charge in [-0.1, -0.05) is 17.7 Å². The molecule has 2 aromatic rings. The van der Waals surface area contributed by atoms with E-state index in [-0.39, 0.29) is 30.7 Å². The van der Waals surface area contributed by atoms with Gasteiger partial charge in [-0.2, -0.15) is 4.31 Å². The zero-order chi connectivity index (χ0) is 19.2. The van der Waals surface area contributed by atoms with E-state index in [0.29, 0.717) is 17.2 Å². The zero-order valence-electron chi connectivity index (χ0n) is 15.1. The van der Waals surface area contributed by atoms with Crippen molar-refractivity contribution in [1.29, 1.82) is 0 Å². The highest BCUT2D eigenvalue weighted by Gasteiger charge is 2.39. The molecule has 0 aliphatic carbocycles. The van der Waals surface area contributed by atoms with E-state index in [9.17, 15) is 13.2 Å². The van der Waals surface area contributed by atoms with Crippen LogP contribution in [0.5, 0.6) is 11.5 Å². The number of aryl methyl sites for hydroxylation is 1. The van der Waals surface area contributed by atoms with E-state index in [1.807, 2.05) is 6.92 Å². The second kappa shape index (κ2) is 6.54. The Labute approximate surface area is 158 Å². The Morgan fingerprint density at radius 3 is 2.44 bits per heavy atom. The molecule has 1 fully saturated rings. The van der Waals surface area contributed by atoms with E-state index in [2.05, 4.69) is 0 Å². The van der Waals surface area contributed by atoms with E-state index in [4.69, 9.17) is 9.47 Å². The van der Waals surface area contributed by atoms with Gasteiger partial charge >= 0.3 is 0 Å². The number of anilines is 1. The van der Waals surface area contributed by atoms with Crippen molar-refractivity contribution in [2.75, 3.05) is 24.8 Å². The van der Waals surface area contributed by atoms with Crippen LogP contribution >= 0.6 is 0 Å². The first-order valence-corrected chi connectivity index (χ1v) is 10.1. The van der Waals surface area contributed by atoms with Crippen molar-refractivity contribution >= 4 is 21.6 Å². The Morgan fingerprint density at radius 1 is 1.00 bits per heavy atom. The van der Waals surface area contributed by atoms with Crippen LogP contribution in [0, 0.1) is 6.92 Å². The monoisotopic (exact) mass is 388 g/mol. The third-order valence-corrected chi connectivity index (χ3v) is 6.88. The number of hydrogen-bond donors (Lipinski definition) is 0. The maximum absolute atomic E-state index is 13.0. The summed E-state index contributed by atoms with van der Waals surface area (Å²) in [6, 6.07) is 11.1. The summed E-state index contributed by atoms with van der Waals surface area (Å²) in [5, 5.41) is 0. The van der Waals surface area contributed by atoms with Crippen molar-refractivity contribution < 1.29 is 22.7 Å². The van der Waals surface area contributed by atoms with Crippen molar-refractivity contribution in [2.45, 2.75) is 24.8 Å². The normalized spacial score (nSPS) is 20.1. The molecular weight excluding hydrogens is 368 g/mol. The van der Waals surface area contributed by atoms with Crippen LogP contribution in [-0.2, 0) is 14.8 Å². The van der Waals surface area contributed by atoms with Gasteiger partial charge in [-0.3, -0.25) is 4.79 Å². The molecule has 8 heteroatoms. The highest BCUT2D eigenvalue weighted by atomic mass is 32.2. The Balaban J connectivity index is 1.59. The third-order valence-electron chi connectivity index (χ3n) is 4.89. The number of carbonyl (C=O) groups excluding carboxylic acids is 1. The van der Waals surface area contributed by atoms with Crippen molar-refractivity contribution in [3.05, 3.63) is 48.0 Å². The first-order chi connectivity index (χ1) is 12.9. The second-order valence-electron chi connectivity index (χ2n) is 6.63. The fraction of sp³-hybridized carbons (Fsp3) is 0.316. The van der Waals surface area contributed by atoms with Crippen LogP contribution in [-0.4, -0.2) is 44.6 Å². The maximum atomic E-state index is 13.0. The van der Waals surface area contributed by atoms with Gasteiger partial charge in [0.15, 0.2) is 11.5 Å². The average molecular weight is 388 g/mol. The molecule has 0 N–H and O–H groups in total. The third kappa shape index (κ3) is 3.04. The highest BCUT2D eigenvalue weighted by Crippen LogP contribution is 2.36. The number of piperazine rings is 1. The molecule has 142 valence electrons. The summed E-state index contributed by atoms with van der Waals surface area (Å²) >= 11 is 0. The average Bonchev–Trinajstić information content (AvgIpc) is 3.12. The number of nitrogens with zero attached hydrogens (tertiary/aromatic N) is 2. The molecule has 27 heavy (non-hydrogen) atoms. The van der Waals surface area contributed by atoms with E-state index in [0.717, 1.165) is 5.56 Å². The Morgan fingerprint density at radius 2 is 1.70 bits per heavy atom. The van der Waals surface area contributed by atoms with Gasteiger partial charge in [0.2, 0.25) is 22.7 Å². The molecule has 4 rings (SSSR count). The van der Waals surface area contributed by atoms with E-state index in [1.54, 1.807) is 54.3 Å². The van der Waals surface area contributed by atoms with E-state index < -0.39 is 16.1 Å². The molecule has 1 amide bonds. The number of ether oxygens (including phenoxy) is 2. The first-order valence-electron chi connectivity index (χ1n) is 8.67. The summed E-state index contributed by atoms with van der Waals surface area (Å²) in [5.41, 5.74) is 1.65. The smallest absolute Gasteiger partial charge is 0.245 e. The van der Waals surface area contributed by atoms with Crippen LogP contribution in [0.3, 0.4) is 0 Å². The number of rotatable bonds is 3. The van der Waals surface area contributed by atoms with Crippen molar-refractivity contribution in [3.63, 3.8) is 0 Å². The SMILES string of the molecule is Cc1ccc(S(=O)(=O)N2CCN(c3ccc4c(c3)OCO4)C(=O)C2C)cc1. The largest absolute Gasteiger partial charge is 0.454 e. The van der Waals surface area contributed by atoms with Gasteiger partial charge in [-0.15, -0.1) is 0 Å². The molecule has 0 saturated carbocycles. The number of carbonyl (C=O) groups is 1. The summed E-state index contributed by atoms with van der Waals surface area (Å²) in [7, 11) is -3.73. The highest BCUT2D eigenvalue weighted by molar-refractivity contribution is 7.89. The van der Waals surface area contributed by atoms with Gasteiger partial charge in [-0.25, -0.2) is 8.42 Å². The number of amides is 1. The maximum Gasteiger partial charge on any atom is 0.245 e. The minimum Gasteiger partial charge on any atom is -0.454 e. The van der Waals surface area contributed by atoms with Crippen molar-refractivity contribution in [1.82, 2.24) is 4.31 Å². The second-order valence-corrected chi connectivity index (χ2v) is 8.52. The van der Waals surface area contributed by atoms with E-state index in [1.165, 1.54) is 4.31 Å². The topological polar surface area (TPSA) is 76.2 Å².